The summed E-state index contributed by atoms with van der Waals surface area (Å²) in [5.41, 5.74) is 1.67. The van der Waals surface area contributed by atoms with Crippen molar-refractivity contribution in [3.63, 3.8) is 0 Å². The molecule has 4 rings (SSSR count). The number of nitrogens with zero attached hydrogens (tertiary/aromatic N) is 3. The molecule has 1 fully saturated rings. The van der Waals surface area contributed by atoms with Gasteiger partial charge in [0, 0.05) is 31.0 Å². The number of hydrogen-bond acceptors (Lipinski definition) is 4. The summed E-state index contributed by atoms with van der Waals surface area (Å²) >= 11 is 0. The van der Waals surface area contributed by atoms with Crippen LogP contribution in [0.5, 0.6) is 0 Å². The van der Waals surface area contributed by atoms with E-state index in [0.29, 0.717) is 0 Å². The first-order valence-corrected chi connectivity index (χ1v) is 8.88. The maximum absolute atomic E-state index is 12.2. The molecular formula is C19H22N6O. The van der Waals surface area contributed by atoms with Gasteiger partial charge in [-0.2, -0.15) is 0 Å². The van der Waals surface area contributed by atoms with Crippen LogP contribution < -0.4 is 15.5 Å². The number of benzene rings is 1. The number of fused-ring (bicyclic) bond motifs is 1. The lowest BCUT2D eigenvalue weighted by Crippen LogP contribution is -2.46. The predicted octanol–water partition coefficient (Wildman–Crippen LogP) is 3.06. The van der Waals surface area contributed by atoms with Crippen LogP contribution in [0.3, 0.4) is 0 Å². The molecule has 2 amide bonds. The van der Waals surface area contributed by atoms with Crippen molar-refractivity contribution >= 4 is 28.6 Å². The summed E-state index contributed by atoms with van der Waals surface area (Å²) in [4.78, 5) is 26.6. The van der Waals surface area contributed by atoms with Crippen molar-refractivity contribution in [3.05, 3.63) is 48.4 Å². The van der Waals surface area contributed by atoms with Crippen LogP contribution in [-0.4, -0.2) is 40.1 Å². The Morgan fingerprint density at radius 3 is 2.69 bits per heavy atom. The number of aromatic amines is 1. The fraction of sp³-hybridized carbons (Fsp3) is 0.316. The molecule has 1 aliphatic rings. The van der Waals surface area contributed by atoms with E-state index in [9.17, 15) is 4.79 Å². The quantitative estimate of drug-likeness (QED) is 0.678. The highest BCUT2D eigenvalue weighted by molar-refractivity contribution is 5.89. The van der Waals surface area contributed by atoms with E-state index in [1.165, 1.54) is 0 Å². The second-order valence-electron chi connectivity index (χ2n) is 6.56. The van der Waals surface area contributed by atoms with Gasteiger partial charge in [0.25, 0.3) is 0 Å². The smallest absolute Gasteiger partial charge is 0.319 e. The Morgan fingerprint density at radius 2 is 1.92 bits per heavy atom. The summed E-state index contributed by atoms with van der Waals surface area (Å²) in [5, 5.41) is 6.98. The largest absolute Gasteiger partial charge is 0.356 e. The van der Waals surface area contributed by atoms with Crippen LogP contribution in [0, 0.1) is 6.92 Å². The Bertz CT molecular complexity index is 899. The average Bonchev–Trinajstić information content (AvgIpc) is 3.11. The third kappa shape index (κ3) is 3.46. The lowest BCUT2D eigenvalue weighted by molar-refractivity contribution is 0.246. The van der Waals surface area contributed by atoms with Gasteiger partial charge in [0.2, 0.25) is 0 Å². The number of amides is 2. The lowest BCUT2D eigenvalue weighted by atomic mass is 10.0. The molecule has 3 aromatic rings. The van der Waals surface area contributed by atoms with Crippen molar-refractivity contribution in [1.29, 1.82) is 0 Å². The summed E-state index contributed by atoms with van der Waals surface area (Å²) in [6, 6.07) is 11.5. The first kappa shape index (κ1) is 16.4. The number of carbonyl (C=O) groups is 1. The highest BCUT2D eigenvalue weighted by atomic mass is 16.2. The van der Waals surface area contributed by atoms with Gasteiger partial charge >= 0.3 is 6.03 Å². The molecule has 1 saturated heterocycles. The molecule has 0 spiro atoms. The van der Waals surface area contributed by atoms with Crippen LogP contribution in [0.2, 0.25) is 0 Å². The van der Waals surface area contributed by atoms with E-state index in [1.807, 2.05) is 49.5 Å². The molecule has 1 aromatic carbocycles. The normalized spacial score (nSPS) is 15.2. The zero-order valence-electron chi connectivity index (χ0n) is 14.7. The maximum Gasteiger partial charge on any atom is 0.319 e. The number of aromatic nitrogens is 3. The standard InChI is InChI=1S/C19H22N6O/c1-13-21-17-16(7-10-20-17)18(22-13)25-11-8-15(9-12-25)24-19(26)23-14-5-3-2-4-6-14/h2-7,10,15H,8-9,11-12H2,1H3,(H,20,21,22)(H2,23,24,26). The van der Waals surface area contributed by atoms with Gasteiger partial charge in [-0.25, -0.2) is 14.8 Å². The van der Waals surface area contributed by atoms with Gasteiger partial charge < -0.3 is 20.5 Å². The Morgan fingerprint density at radius 1 is 1.15 bits per heavy atom. The maximum atomic E-state index is 12.2. The number of H-pyrrole nitrogens is 1. The minimum absolute atomic E-state index is 0.152. The summed E-state index contributed by atoms with van der Waals surface area (Å²) in [6.07, 6.45) is 3.67. The molecule has 3 N–H and O–H groups in total. The Kier molecular flexibility index (Phi) is 4.43. The minimum atomic E-state index is -0.152. The highest BCUT2D eigenvalue weighted by Crippen LogP contribution is 2.26. The fourth-order valence-corrected chi connectivity index (χ4v) is 3.38. The fourth-order valence-electron chi connectivity index (χ4n) is 3.38. The van der Waals surface area contributed by atoms with Crippen LogP contribution in [0.15, 0.2) is 42.6 Å². The van der Waals surface area contributed by atoms with Crippen molar-refractivity contribution in [2.45, 2.75) is 25.8 Å². The number of carbonyl (C=O) groups excluding carboxylic acids is 1. The predicted molar refractivity (Wildman–Crippen MR) is 102 cm³/mol. The number of rotatable bonds is 3. The van der Waals surface area contributed by atoms with Crippen molar-refractivity contribution in [1.82, 2.24) is 20.3 Å². The topological polar surface area (TPSA) is 85.9 Å². The number of piperidine rings is 1. The summed E-state index contributed by atoms with van der Waals surface area (Å²) in [6.45, 7) is 3.62. The molecule has 0 bridgehead atoms. The van der Waals surface area contributed by atoms with Crippen molar-refractivity contribution in [2.75, 3.05) is 23.3 Å². The van der Waals surface area contributed by atoms with E-state index in [0.717, 1.165) is 54.3 Å². The molecule has 3 heterocycles. The monoisotopic (exact) mass is 350 g/mol. The highest BCUT2D eigenvalue weighted by Gasteiger charge is 2.23. The molecule has 7 heteroatoms. The van der Waals surface area contributed by atoms with Crippen LogP contribution in [-0.2, 0) is 0 Å². The van der Waals surface area contributed by atoms with Gasteiger partial charge in [-0.15, -0.1) is 0 Å². The number of nitrogens with one attached hydrogen (secondary N) is 3. The molecule has 26 heavy (non-hydrogen) atoms. The summed E-state index contributed by atoms with van der Waals surface area (Å²) < 4.78 is 0. The molecule has 1 aliphatic heterocycles. The Labute approximate surface area is 151 Å². The zero-order chi connectivity index (χ0) is 17.9. The van der Waals surface area contributed by atoms with E-state index in [1.54, 1.807) is 0 Å². The van der Waals surface area contributed by atoms with Crippen LogP contribution in [0.4, 0.5) is 16.3 Å². The number of aryl methyl sites for hydroxylation is 1. The molecule has 0 saturated carbocycles. The first-order valence-electron chi connectivity index (χ1n) is 8.88. The summed E-state index contributed by atoms with van der Waals surface area (Å²) in [7, 11) is 0. The van der Waals surface area contributed by atoms with Gasteiger partial charge in [0.05, 0.1) is 5.39 Å². The zero-order valence-corrected chi connectivity index (χ0v) is 14.7. The number of urea groups is 1. The molecular weight excluding hydrogens is 328 g/mol. The van der Waals surface area contributed by atoms with Crippen molar-refractivity contribution in [2.24, 2.45) is 0 Å². The number of hydrogen-bond donors (Lipinski definition) is 3. The third-order valence-corrected chi connectivity index (χ3v) is 4.67. The summed E-state index contributed by atoms with van der Waals surface area (Å²) in [5.74, 6) is 1.73. The van der Waals surface area contributed by atoms with Crippen LogP contribution >= 0.6 is 0 Å². The van der Waals surface area contributed by atoms with Crippen LogP contribution in [0.1, 0.15) is 18.7 Å². The second kappa shape index (κ2) is 7.03. The van der Waals surface area contributed by atoms with Gasteiger partial charge in [0.1, 0.15) is 17.3 Å². The lowest BCUT2D eigenvalue weighted by Gasteiger charge is -2.33. The van der Waals surface area contributed by atoms with E-state index < -0.39 is 0 Å². The van der Waals surface area contributed by atoms with Gasteiger partial charge in [-0.1, -0.05) is 18.2 Å². The minimum Gasteiger partial charge on any atom is -0.356 e. The Hall–Kier alpha value is -3.09. The molecule has 134 valence electrons. The SMILES string of the molecule is Cc1nc(N2CCC(NC(=O)Nc3ccccc3)CC2)c2cc[nH]c2n1. The third-order valence-electron chi connectivity index (χ3n) is 4.67. The molecule has 0 radical (unpaired) electrons. The van der Waals surface area contributed by atoms with Crippen molar-refractivity contribution in [3.8, 4) is 0 Å². The van der Waals surface area contributed by atoms with Gasteiger partial charge in [-0.05, 0) is 38.0 Å². The van der Waals surface area contributed by atoms with Gasteiger partial charge in [0.15, 0.2) is 0 Å². The van der Waals surface area contributed by atoms with Gasteiger partial charge in [-0.3, -0.25) is 0 Å². The average molecular weight is 350 g/mol. The van der Waals surface area contributed by atoms with Crippen LogP contribution in [0.25, 0.3) is 11.0 Å². The molecule has 0 aliphatic carbocycles. The Balaban J connectivity index is 1.36. The van der Waals surface area contributed by atoms with E-state index in [4.69, 9.17) is 0 Å². The first-order chi connectivity index (χ1) is 12.7. The molecule has 0 atom stereocenters. The van der Waals surface area contributed by atoms with E-state index >= 15 is 0 Å². The number of para-hydroxylation sites is 1. The molecule has 7 nitrogen and oxygen atoms in total. The molecule has 2 aromatic heterocycles. The van der Waals surface area contributed by atoms with E-state index in [-0.39, 0.29) is 12.1 Å². The number of anilines is 2. The molecule has 0 unspecified atom stereocenters. The second-order valence-corrected chi connectivity index (χ2v) is 6.56. The van der Waals surface area contributed by atoms with Crippen molar-refractivity contribution < 1.29 is 4.79 Å². The van der Waals surface area contributed by atoms with E-state index in [2.05, 4.69) is 30.5 Å².